The van der Waals surface area contributed by atoms with Crippen LogP contribution in [0, 0.1) is 6.92 Å². The summed E-state index contributed by atoms with van der Waals surface area (Å²) in [5, 5.41) is 3.28. The first-order valence-electron chi connectivity index (χ1n) is 4.55. The van der Waals surface area contributed by atoms with Crippen molar-refractivity contribution in [3.8, 4) is 0 Å². The van der Waals surface area contributed by atoms with Crippen LogP contribution >= 0.6 is 0 Å². The number of nitrogens with one attached hydrogen (secondary N) is 2. The minimum Gasteiger partial charge on any atom is -0.349 e. The minimum absolute atomic E-state index is 1.11. The van der Waals surface area contributed by atoms with Crippen LogP contribution in [0.1, 0.15) is 25.0 Å². The highest BCUT2D eigenvalue weighted by Crippen LogP contribution is 1.96. The molecule has 68 valence electrons. The fourth-order valence-corrected chi connectivity index (χ4v) is 1.13. The number of aromatic nitrogens is 2. The van der Waals surface area contributed by atoms with Crippen LogP contribution < -0.4 is 5.32 Å². The van der Waals surface area contributed by atoms with E-state index in [9.17, 15) is 0 Å². The molecule has 0 bridgehead atoms. The van der Waals surface area contributed by atoms with Gasteiger partial charge in [0, 0.05) is 11.9 Å². The Morgan fingerprint density at radius 3 is 2.17 bits per heavy atom. The van der Waals surface area contributed by atoms with E-state index in [0.717, 1.165) is 5.69 Å². The average molecular weight is 167 g/mol. The van der Waals surface area contributed by atoms with Gasteiger partial charge in [0.1, 0.15) is 0 Å². The predicted molar refractivity (Wildman–Crippen MR) is 50.0 cm³/mol. The molecule has 0 aliphatic carbocycles. The van der Waals surface area contributed by atoms with Crippen molar-refractivity contribution >= 4 is 0 Å². The van der Waals surface area contributed by atoms with E-state index in [4.69, 9.17) is 0 Å². The number of aryl methyl sites for hydroxylation is 1. The summed E-state index contributed by atoms with van der Waals surface area (Å²) in [5.74, 6) is 0. The Hall–Kier alpha value is -0.830. The topological polar surface area (TPSA) is 40.7 Å². The van der Waals surface area contributed by atoms with Gasteiger partial charge < -0.3 is 10.3 Å². The van der Waals surface area contributed by atoms with Crippen molar-refractivity contribution in [2.45, 2.75) is 26.2 Å². The molecule has 1 aromatic heterocycles. The molecule has 0 atom stereocenters. The van der Waals surface area contributed by atoms with Crippen LogP contribution in [0.15, 0.2) is 12.5 Å². The number of imidazole rings is 1. The van der Waals surface area contributed by atoms with Crippen LogP contribution in [-0.4, -0.2) is 23.1 Å². The zero-order chi connectivity index (χ0) is 8.65. The van der Waals surface area contributed by atoms with Crippen LogP contribution in [0.4, 0.5) is 0 Å². The molecule has 1 aliphatic heterocycles. The Balaban J connectivity index is 0.000000120. The van der Waals surface area contributed by atoms with Crippen LogP contribution in [0.25, 0.3) is 0 Å². The normalized spacial score (nSPS) is 16.4. The van der Waals surface area contributed by atoms with Gasteiger partial charge in [-0.15, -0.1) is 0 Å². The van der Waals surface area contributed by atoms with Gasteiger partial charge in [-0.05, 0) is 32.9 Å². The van der Waals surface area contributed by atoms with Crippen molar-refractivity contribution in [3.63, 3.8) is 0 Å². The third-order valence-electron chi connectivity index (χ3n) is 1.84. The molecule has 2 heterocycles. The van der Waals surface area contributed by atoms with Gasteiger partial charge in [0.05, 0.1) is 6.33 Å². The third kappa shape index (κ3) is 4.13. The van der Waals surface area contributed by atoms with Gasteiger partial charge in [-0.3, -0.25) is 0 Å². The largest absolute Gasteiger partial charge is 0.349 e. The van der Waals surface area contributed by atoms with E-state index in [0.29, 0.717) is 0 Å². The van der Waals surface area contributed by atoms with Gasteiger partial charge in [0.15, 0.2) is 0 Å². The number of nitrogens with zero attached hydrogens (tertiary/aromatic N) is 1. The van der Waals surface area contributed by atoms with Crippen molar-refractivity contribution in [2.75, 3.05) is 13.1 Å². The van der Waals surface area contributed by atoms with Crippen LogP contribution in [0.5, 0.6) is 0 Å². The van der Waals surface area contributed by atoms with Gasteiger partial charge >= 0.3 is 0 Å². The highest BCUT2D eigenvalue weighted by Gasteiger charge is 1.93. The monoisotopic (exact) mass is 167 g/mol. The fourth-order valence-electron chi connectivity index (χ4n) is 1.13. The second-order valence-electron chi connectivity index (χ2n) is 3.05. The highest BCUT2D eigenvalue weighted by atomic mass is 14.9. The molecular weight excluding hydrogens is 150 g/mol. The first kappa shape index (κ1) is 9.26. The Kier molecular flexibility index (Phi) is 4.46. The van der Waals surface area contributed by atoms with Gasteiger partial charge in [-0.2, -0.15) is 0 Å². The molecule has 0 aromatic carbocycles. The Morgan fingerprint density at radius 2 is 2.00 bits per heavy atom. The molecule has 0 unspecified atom stereocenters. The maximum atomic E-state index is 3.77. The van der Waals surface area contributed by atoms with E-state index in [1.807, 2.05) is 6.92 Å². The lowest BCUT2D eigenvalue weighted by Crippen LogP contribution is -2.21. The summed E-state index contributed by atoms with van der Waals surface area (Å²) in [6.45, 7) is 4.47. The summed E-state index contributed by atoms with van der Waals surface area (Å²) in [4.78, 5) is 6.66. The lowest BCUT2D eigenvalue weighted by atomic mass is 10.2. The van der Waals surface area contributed by atoms with E-state index in [1.165, 1.54) is 32.4 Å². The zero-order valence-corrected chi connectivity index (χ0v) is 7.64. The summed E-state index contributed by atoms with van der Waals surface area (Å²) < 4.78 is 0. The van der Waals surface area contributed by atoms with Crippen molar-refractivity contribution in [2.24, 2.45) is 0 Å². The van der Waals surface area contributed by atoms with Crippen LogP contribution in [0.2, 0.25) is 0 Å². The van der Waals surface area contributed by atoms with E-state index in [2.05, 4.69) is 15.3 Å². The SMILES string of the molecule is C1CCNCC1.Cc1cnc[nH]1. The van der Waals surface area contributed by atoms with Crippen LogP contribution in [0.3, 0.4) is 0 Å². The number of hydrogen-bond acceptors (Lipinski definition) is 2. The first-order valence-corrected chi connectivity index (χ1v) is 4.55. The molecule has 3 heteroatoms. The van der Waals surface area contributed by atoms with Gasteiger partial charge in [0.25, 0.3) is 0 Å². The molecule has 1 fully saturated rings. The summed E-state index contributed by atoms with van der Waals surface area (Å²) in [6.07, 6.45) is 7.66. The third-order valence-corrected chi connectivity index (χ3v) is 1.84. The van der Waals surface area contributed by atoms with E-state index < -0.39 is 0 Å². The molecular formula is C9H17N3. The number of H-pyrrole nitrogens is 1. The lowest BCUT2D eigenvalue weighted by Gasteiger charge is -2.08. The van der Waals surface area contributed by atoms with Crippen molar-refractivity contribution < 1.29 is 0 Å². The van der Waals surface area contributed by atoms with E-state index >= 15 is 0 Å². The summed E-state index contributed by atoms with van der Waals surface area (Å²) in [6, 6.07) is 0. The quantitative estimate of drug-likeness (QED) is 0.614. The standard InChI is InChI=1S/C5H11N.C4H6N2/c1-2-4-6-5-3-1;1-4-2-5-3-6-4/h6H,1-5H2;2-3H,1H3,(H,5,6). The number of hydrogen-bond donors (Lipinski definition) is 2. The van der Waals surface area contributed by atoms with Gasteiger partial charge in [-0.25, -0.2) is 4.98 Å². The average Bonchev–Trinajstić information content (AvgIpc) is 2.60. The maximum Gasteiger partial charge on any atom is 0.0921 e. The predicted octanol–water partition coefficient (Wildman–Crippen LogP) is 1.48. The lowest BCUT2D eigenvalue weighted by molar-refractivity contribution is 0.520. The van der Waals surface area contributed by atoms with Crippen molar-refractivity contribution in [1.29, 1.82) is 0 Å². The molecule has 0 saturated carbocycles. The molecule has 0 amide bonds. The molecule has 1 aliphatic rings. The molecule has 0 spiro atoms. The molecule has 2 N–H and O–H groups in total. The molecule has 3 nitrogen and oxygen atoms in total. The first-order chi connectivity index (χ1) is 5.89. The smallest absolute Gasteiger partial charge is 0.0921 e. The Morgan fingerprint density at radius 1 is 1.25 bits per heavy atom. The molecule has 2 rings (SSSR count). The molecule has 1 saturated heterocycles. The second kappa shape index (κ2) is 5.77. The number of piperidine rings is 1. The summed E-state index contributed by atoms with van der Waals surface area (Å²) in [5.41, 5.74) is 1.11. The van der Waals surface area contributed by atoms with Gasteiger partial charge in [-0.1, -0.05) is 6.42 Å². The summed E-state index contributed by atoms with van der Waals surface area (Å²) >= 11 is 0. The molecule has 12 heavy (non-hydrogen) atoms. The van der Waals surface area contributed by atoms with E-state index in [-0.39, 0.29) is 0 Å². The van der Waals surface area contributed by atoms with Crippen molar-refractivity contribution in [3.05, 3.63) is 18.2 Å². The highest BCUT2D eigenvalue weighted by molar-refractivity contribution is 4.87. The minimum atomic E-state index is 1.11. The molecule has 1 aromatic rings. The molecule has 0 radical (unpaired) electrons. The zero-order valence-electron chi connectivity index (χ0n) is 7.64. The van der Waals surface area contributed by atoms with E-state index in [1.54, 1.807) is 12.5 Å². The second-order valence-corrected chi connectivity index (χ2v) is 3.05. The fraction of sp³-hybridized carbons (Fsp3) is 0.667. The maximum absolute atomic E-state index is 3.77. The number of aromatic amines is 1. The Bertz CT molecular complexity index is 166. The van der Waals surface area contributed by atoms with Gasteiger partial charge in [0.2, 0.25) is 0 Å². The Labute approximate surface area is 73.6 Å². The summed E-state index contributed by atoms with van der Waals surface area (Å²) in [7, 11) is 0. The van der Waals surface area contributed by atoms with Crippen LogP contribution in [-0.2, 0) is 0 Å². The number of rotatable bonds is 0. The van der Waals surface area contributed by atoms with Crippen molar-refractivity contribution in [1.82, 2.24) is 15.3 Å².